The zero-order valence-electron chi connectivity index (χ0n) is 13.0. The number of aryl methyl sites for hydroxylation is 1. The van der Waals surface area contributed by atoms with Gasteiger partial charge < -0.3 is 14.6 Å². The summed E-state index contributed by atoms with van der Waals surface area (Å²) in [6, 6.07) is 11.5. The van der Waals surface area contributed by atoms with Gasteiger partial charge in [-0.05, 0) is 30.7 Å². The molecule has 3 rings (SSSR count). The molecule has 0 unspecified atom stereocenters. The van der Waals surface area contributed by atoms with Crippen LogP contribution in [0.2, 0.25) is 0 Å². The van der Waals surface area contributed by atoms with Crippen molar-refractivity contribution in [1.82, 2.24) is 15.5 Å². The van der Waals surface area contributed by atoms with Gasteiger partial charge in [0, 0.05) is 0 Å². The van der Waals surface area contributed by atoms with Crippen molar-refractivity contribution in [1.29, 1.82) is 0 Å². The van der Waals surface area contributed by atoms with Crippen LogP contribution in [0.15, 0.2) is 40.9 Å². The second-order valence-corrected chi connectivity index (χ2v) is 5.01. The first-order chi connectivity index (χ1) is 11.2. The van der Waals surface area contributed by atoms with Gasteiger partial charge in [-0.1, -0.05) is 35.5 Å². The number of hydrogen-bond acceptors (Lipinski definition) is 5. The van der Waals surface area contributed by atoms with E-state index in [2.05, 4.69) is 15.5 Å². The van der Waals surface area contributed by atoms with Gasteiger partial charge in [-0.2, -0.15) is 4.98 Å². The van der Waals surface area contributed by atoms with Crippen molar-refractivity contribution in [3.05, 3.63) is 53.7 Å². The first-order valence-electron chi connectivity index (χ1n) is 7.41. The molecule has 0 radical (unpaired) electrons. The van der Waals surface area contributed by atoms with Gasteiger partial charge in [0.25, 0.3) is 5.91 Å². The molecule has 3 aromatic rings. The van der Waals surface area contributed by atoms with Gasteiger partial charge in [-0.25, -0.2) is 0 Å². The monoisotopic (exact) mass is 311 g/mol. The van der Waals surface area contributed by atoms with Crippen LogP contribution in [0, 0.1) is 6.92 Å². The minimum absolute atomic E-state index is 0.175. The van der Waals surface area contributed by atoms with E-state index in [0.717, 1.165) is 10.8 Å². The van der Waals surface area contributed by atoms with Crippen LogP contribution in [0.5, 0.6) is 5.75 Å². The van der Waals surface area contributed by atoms with Crippen LogP contribution >= 0.6 is 0 Å². The number of fused-ring (bicyclic) bond motifs is 1. The molecule has 2 aromatic carbocycles. The van der Waals surface area contributed by atoms with Crippen molar-refractivity contribution in [3.63, 3.8) is 0 Å². The molecule has 0 saturated carbocycles. The van der Waals surface area contributed by atoms with E-state index in [4.69, 9.17) is 9.26 Å². The molecular weight excluding hydrogens is 294 g/mol. The summed E-state index contributed by atoms with van der Waals surface area (Å²) < 4.78 is 10.6. The first kappa shape index (κ1) is 15.0. The van der Waals surface area contributed by atoms with Gasteiger partial charge in [-0.3, -0.25) is 4.79 Å². The number of benzene rings is 2. The third kappa shape index (κ3) is 3.15. The molecule has 0 spiro atoms. The van der Waals surface area contributed by atoms with E-state index in [1.54, 1.807) is 6.92 Å². The molecule has 6 heteroatoms. The minimum atomic E-state index is -0.235. The number of nitrogens with zero attached hydrogens (tertiary/aromatic N) is 2. The summed E-state index contributed by atoms with van der Waals surface area (Å²) in [6.45, 7) is 4.28. The average Bonchev–Trinajstić information content (AvgIpc) is 2.98. The maximum Gasteiger partial charge on any atom is 0.256 e. The van der Waals surface area contributed by atoms with E-state index >= 15 is 0 Å². The Morgan fingerprint density at radius 3 is 2.83 bits per heavy atom. The number of rotatable bonds is 5. The summed E-state index contributed by atoms with van der Waals surface area (Å²) in [5.41, 5.74) is 0.515. The van der Waals surface area contributed by atoms with E-state index in [0.29, 0.717) is 29.6 Å². The molecule has 1 heterocycles. The number of carbonyl (C=O) groups excluding carboxylic acids is 1. The predicted molar refractivity (Wildman–Crippen MR) is 85.3 cm³/mol. The van der Waals surface area contributed by atoms with Crippen LogP contribution in [0.4, 0.5) is 0 Å². The topological polar surface area (TPSA) is 77.2 Å². The maximum atomic E-state index is 12.7. The minimum Gasteiger partial charge on any atom is -0.493 e. The Balaban J connectivity index is 1.92. The summed E-state index contributed by atoms with van der Waals surface area (Å²) in [7, 11) is 0. The molecule has 1 amide bonds. The molecule has 23 heavy (non-hydrogen) atoms. The highest BCUT2D eigenvalue weighted by atomic mass is 16.5. The molecule has 0 saturated heterocycles. The molecule has 1 aromatic heterocycles. The lowest BCUT2D eigenvalue weighted by molar-refractivity contribution is 0.0944. The highest BCUT2D eigenvalue weighted by Crippen LogP contribution is 2.28. The first-order valence-corrected chi connectivity index (χ1v) is 7.41. The van der Waals surface area contributed by atoms with Gasteiger partial charge in [0.1, 0.15) is 5.75 Å². The van der Waals surface area contributed by atoms with Crippen molar-refractivity contribution in [2.24, 2.45) is 0 Å². The van der Waals surface area contributed by atoms with Gasteiger partial charge in [0.15, 0.2) is 5.82 Å². The number of nitrogens with one attached hydrogen (secondary N) is 1. The number of amides is 1. The van der Waals surface area contributed by atoms with Gasteiger partial charge in [0.05, 0.1) is 18.7 Å². The summed E-state index contributed by atoms with van der Waals surface area (Å²) in [4.78, 5) is 16.7. The van der Waals surface area contributed by atoms with Crippen LogP contribution < -0.4 is 10.1 Å². The Kier molecular flexibility index (Phi) is 4.23. The second-order valence-electron chi connectivity index (χ2n) is 5.01. The molecule has 6 nitrogen and oxygen atoms in total. The Morgan fingerprint density at radius 2 is 2.09 bits per heavy atom. The summed E-state index contributed by atoms with van der Waals surface area (Å²) in [5, 5.41) is 8.33. The highest BCUT2D eigenvalue weighted by molar-refractivity contribution is 6.09. The highest BCUT2D eigenvalue weighted by Gasteiger charge is 2.17. The average molecular weight is 311 g/mol. The van der Waals surface area contributed by atoms with E-state index in [1.807, 2.05) is 43.3 Å². The van der Waals surface area contributed by atoms with E-state index in [1.165, 1.54) is 0 Å². The van der Waals surface area contributed by atoms with E-state index < -0.39 is 0 Å². The second kappa shape index (κ2) is 6.48. The third-order valence-corrected chi connectivity index (χ3v) is 3.39. The summed E-state index contributed by atoms with van der Waals surface area (Å²) in [6.07, 6.45) is 0. The molecule has 118 valence electrons. The summed E-state index contributed by atoms with van der Waals surface area (Å²) >= 11 is 0. The fraction of sp³-hybridized carbons (Fsp3) is 0.235. The largest absolute Gasteiger partial charge is 0.493 e. The fourth-order valence-electron chi connectivity index (χ4n) is 2.42. The lowest BCUT2D eigenvalue weighted by Gasteiger charge is -2.13. The van der Waals surface area contributed by atoms with Crippen LogP contribution in [0.25, 0.3) is 10.8 Å². The number of hydrogen-bond donors (Lipinski definition) is 1. The Labute approximate surface area is 133 Å². The summed E-state index contributed by atoms with van der Waals surface area (Å²) in [5.74, 6) is 1.23. The third-order valence-electron chi connectivity index (χ3n) is 3.39. The van der Waals surface area contributed by atoms with Crippen molar-refractivity contribution in [2.45, 2.75) is 20.4 Å². The smallest absolute Gasteiger partial charge is 0.256 e. The van der Waals surface area contributed by atoms with Crippen molar-refractivity contribution < 1.29 is 14.1 Å². The maximum absolute atomic E-state index is 12.7. The Bertz CT molecular complexity index is 842. The fourth-order valence-corrected chi connectivity index (χ4v) is 2.42. The van der Waals surface area contributed by atoms with Gasteiger partial charge in [0.2, 0.25) is 5.89 Å². The van der Waals surface area contributed by atoms with Crippen molar-refractivity contribution >= 4 is 16.7 Å². The number of aromatic nitrogens is 2. The van der Waals surface area contributed by atoms with Gasteiger partial charge >= 0.3 is 0 Å². The molecule has 0 atom stereocenters. The molecule has 0 aliphatic heterocycles. The van der Waals surface area contributed by atoms with Crippen LogP contribution in [0.1, 0.15) is 29.0 Å². The molecule has 0 aliphatic carbocycles. The number of carbonyl (C=O) groups is 1. The van der Waals surface area contributed by atoms with E-state index in [-0.39, 0.29) is 12.5 Å². The van der Waals surface area contributed by atoms with Crippen LogP contribution in [-0.4, -0.2) is 22.7 Å². The molecular formula is C17H17N3O3. The lowest BCUT2D eigenvalue weighted by atomic mass is 10.0. The van der Waals surface area contributed by atoms with Crippen molar-refractivity contribution in [3.8, 4) is 5.75 Å². The Hall–Kier alpha value is -2.89. The predicted octanol–water partition coefficient (Wildman–Crippen LogP) is 2.86. The van der Waals surface area contributed by atoms with Crippen molar-refractivity contribution in [2.75, 3.05) is 6.61 Å². The molecule has 0 bridgehead atoms. The molecule has 0 aliphatic rings. The Morgan fingerprint density at radius 1 is 1.26 bits per heavy atom. The van der Waals surface area contributed by atoms with Gasteiger partial charge in [-0.15, -0.1) is 0 Å². The quantitative estimate of drug-likeness (QED) is 0.784. The van der Waals surface area contributed by atoms with Crippen LogP contribution in [0.3, 0.4) is 0 Å². The zero-order valence-corrected chi connectivity index (χ0v) is 13.0. The standard InChI is InChI=1S/C17H17N3O3/c1-3-22-14-9-8-12-6-4-5-7-13(12)16(14)17(21)18-10-15-19-11(2)20-23-15/h4-9H,3,10H2,1-2H3,(H,18,21). The molecule has 0 fully saturated rings. The molecule has 1 N–H and O–H groups in total. The van der Waals surface area contributed by atoms with E-state index in [9.17, 15) is 4.79 Å². The normalized spacial score (nSPS) is 10.7. The SMILES string of the molecule is CCOc1ccc2ccccc2c1C(=O)NCc1nc(C)no1. The lowest BCUT2D eigenvalue weighted by Crippen LogP contribution is -2.24. The van der Waals surface area contributed by atoms with Crippen LogP contribution in [-0.2, 0) is 6.54 Å². The zero-order chi connectivity index (χ0) is 16.2. The number of ether oxygens (including phenoxy) is 1.